The van der Waals surface area contributed by atoms with Crippen LogP contribution in [0, 0.1) is 11.3 Å². The van der Waals surface area contributed by atoms with Gasteiger partial charge in [0.25, 0.3) is 0 Å². The summed E-state index contributed by atoms with van der Waals surface area (Å²) in [5.74, 6) is 1.37. The van der Waals surface area contributed by atoms with E-state index < -0.39 is 0 Å². The van der Waals surface area contributed by atoms with Gasteiger partial charge in [0.15, 0.2) is 11.5 Å². The van der Waals surface area contributed by atoms with Gasteiger partial charge in [-0.1, -0.05) is 6.08 Å². The molecule has 2 rings (SSSR count). The minimum Gasteiger partial charge on any atom is -0.493 e. The maximum atomic E-state index is 8.63. The molecule has 0 aromatic heterocycles. The van der Waals surface area contributed by atoms with E-state index in [0.717, 1.165) is 29.3 Å². The number of benzene rings is 1. The van der Waals surface area contributed by atoms with Crippen LogP contribution in [0.2, 0.25) is 0 Å². The number of hydrogen-bond donors (Lipinski definition) is 0. The lowest BCUT2D eigenvalue weighted by atomic mass is 10.1. The number of methoxy groups -OCH3 is 1. The minimum atomic E-state index is 0.0733. The molecule has 3 nitrogen and oxygen atoms in total. The Labute approximate surface area is 127 Å². The van der Waals surface area contributed by atoms with Crippen molar-refractivity contribution in [1.29, 1.82) is 5.26 Å². The van der Waals surface area contributed by atoms with Gasteiger partial charge in [0.1, 0.15) is 6.10 Å². The average Bonchev–Trinajstić information content (AvgIpc) is 2.49. The number of rotatable bonds is 4. The van der Waals surface area contributed by atoms with Crippen LogP contribution in [0.3, 0.4) is 0 Å². The van der Waals surface area contributed by atoms with Crippen LogP contribution in [-0.4, -0.2) is 13.2 Å². The van der Waals surface area contributed by atoms with Crippen LogP contribution in [0.4, 0.5) is 0 Å². The molecule has 0 fully saturated rings. The normalized spacial score (nSPS) is 17.9. The molecule has 1 atom stereocenters. The molecule has 0 bridgehead atoms. The smallest absolute Gasteiger partial charge is 0.176 e. The Balaban J connectivity index is 2.33. The highest BCUT2D eigenvalue weighted by Gasteiger charge is 2.17. The Kier molecular flexibility index (Phi) is 5.25. The molecule has 0 amide bonds. The summed E-state index contributed by atoms with van der Waals surface area (Å²) in [6.07, 6.45) is 10.7. The van der Waals surface area contributed by atoms with Gasteiger partial charge < -0.3 is 9.47 Å². The molecule has 1 aromatic rings. The van der Waals surface area contributed by atoms with Crippen molar-refractivity contribution in [2.24, 2.45) is 0 Å². The second-order valence-electron chi connectivity index (χ2n) is 4.48. The van der Waals surface area contributed by atoms with Crippen LogP contribution in [0.1, 0.15) is 24.8 Å². The highest BCUT2D eigenvalue weighted by atomic mass is 79.9. The third-order valence-electron chi connectivity index (χ3n) is 3.13. The molecule has 0 heterocycles. The van der Waals surface area contributed by atoms with Gasteiger partial charge in [-0.2, -0.15) is 5.26 Å². The van der Waals surface area contributed by atoms with E-state index in [-0.39, 0.29) is 6.10 Å². The Bertz CT molecular complexity index is 573. The van der Waals surface area contributed by atoms with Gasteiger partial charge in [-0.25, -0.2) is 0 Å². The van der Waals surface area contributed by atoms with Gasteiger partial charge in [-0.15, -0.1) is 0 Å². The summed E-state index contributed by atoms with van der Waals surface area (Å²) in [4.78, 5) is 0. The van der Waals surface area contributed by atoms with E-state index in [2.05, 4.69) is 28.1 Å². The molecule has 1 aliphatic carbocycles. The molecule has 1 unspecified atom stereocenters. The number of allylic oxidation sites excluding steroid dienone is 2. The molecule has 1 aliphatic rings. The molecule has 0 N–H and O–H groups in total. The molecule has 20 heavy (non-hydrogen) atoms. The molecule has 104 valence electrons. The first-order valence-corrected chi connectivity index (χ1v) is 7.31. The first-order chi connectivity index (χ1) is 9.76. The van der Waals surface area contributed by atoms with E-state index in [1.807, 2.05) is 18.2 Å². The predicted octanol–water partition coefficient (Wildman–Crippen LogP) is 4.48. The SMILES string of the molecule is COc1ccc(/C=C/C#N)c(Br)c1OC1C=CCCC1. The maximum absolute atomic E-state index is 8.63. The quantitative estimate of drug-likeness (QED) is 0.602. The van der Waals surface area contributed by atoms with Crippen molar-refractivity contribution < 1.29 is 9.47 Å². The summed E-state index contributed by atoms with van der Waals surface area (Å²) in [6, 6.07) is 5.73. The molecule has 1 aromatic carbocycles. The molecular weight excluding hydrogens is 318 g/mol. The first kappa shape index (κ1) is 14.7. The molecule has 0 saturated carbocycles. The van der Waals surface area contributed by atoms with Crippen LogP contribution >= 0.6 is 15.9 Å². The standard InChI is InChI=1S/C16H16BrNO2/c1-19-14-10-9-12(6-5-11-18)15(17)16(14)20-13-7-3-2-4-8-13/h3,5-7,9-10,13H,2,4,8H2,1H3/b6-5+. The fourth-order valence-corrected chi connectivity index (χ4v) is 2.66. The largest absolute Gasteiger partial charge is 0.493 e. The van der Waals surface area contributed by atoms with Gasteiger partial charge in [0.05, 0.1) is 17.7 Å². The van der Waals surface area contributed by atoms with Crippen LogP contribution < -0.4 is 9.47 Å². The van der Waals surface area contributed by atoms with Crippen LogP contribution in [-0.2, 0) is 0 Å². The van der Waals surface area contributed by atoms with E-state index in [4.69, 9.17) is 14.7 Å². The second kappa shape index (κ2) is 7.16. The van der Waals surface area contributed by atoms with Crippen molar-refractivity contribution >= 4 is 22.0 Å². The zero-order chi connectivity index (χ0) is 14.4. The van der Waals surface area contributed by atoms with E-state index in [0.29, 0.717) is 11.5 Å². The topological polar surface area (TPSA) is 42.2 Å². The minimum absolute atomic E-state index is 0.0733. The lowest BCUT2D eigenvalue weighted by Gasteiger charge is -2.21. The zero-order valence-electron chi connectivity index (χ0n) is 11.3. The number of hydrogen-bond acceptors (Lipinski definition) is 3. The van der Waals surface area contributed by atoms with Gasteiger partial charge in [-0.3, -0.25) is 0 Å². The summed E-state index contributed by atoms with van der Waals surface area (Å²) < 4.78 is 12.2. The molecular formula is C16H16BrNO2. The fourth-order valence-electron chi connectivity index (χ4n) is 2.11. The third kappa shape index (κ3) is 3.43. The molecule has 0 saturated heterocycles. The van der Waals surface area contributed by atoms with Gasteiger partial charge in [0, 0.05) is 6.08 Å². The summed E-state index contributed by atoms with van der Waals surface area (Å²) in [5.41, 5.74) is 0.891. The molecule has 0 radical (unpaired) electrons. The summed E-state index contributed by atoms with van der Waals surface area (Å²) in [7, 11) is 1.62. The zero-order valence-corrected chi connectivity index (χ0v) is 12.9. The van der Waals surface area contributed by atoms with Gasteiger partial charge in [-0.05, 0) is 65.0 Å². The first-order valence-electron chi connectivity index (χ1n) is 6.52. The summed E-state index contributed by atoms with van der Waals surface area (Å²) in [5, 5.41) is 8.63. The Hall–Kier alpha value is -1.73. The average molecular weight is 334 g/mol. The lowest BCUT2D eigenvalue weighted by Crippen LogP contribution is -2.16. The third-order valence-corrected chi connectivity index (χ3v) is 3.95. The van der Waals surface area contributed by atoms with E-state index in [1.54, 1.807) is 13.2 Å². The van der Waals surface area contributed by atoms with E-state index in [9.17, 15) is 0 Å². The van der Waals surface area contributed by atoms with Crippen LogP contribution in [0.25, 0.3) is 6.08 Å². The fraction of sp³-hybridized carbons (Fsp3) is 0.312. The number of halogens is 1. The molecule has 0 spiro atoms. The lowest BCUT2D eigenvalue weighted by molar-refractivity contribution is 0.218. The van der Waals surface area contributed by atoms with Crippen molar-refractivity contribution in [3.63, 3.8) is 0 Å². The van der Waals surface area contributed by atoms with Crippen molar-refractivity contribution in [2.45, 2.75) is 25.4 Å². The van der Waals surface area contributed by atoms with E-state index in [1.165, 1.54) is 6.08 Å². The van der Waals surface area contributed by atoms with Gasteiger partial charge >= 0.3 is 0 Å². The highest BCUT2D eigenvalue weighted by molar-refractivity contribution is 9.10. The van der Waals surface area contributed by atoms with Crippen molar-refractivity contribution in [3.8, 4) is 17.6 Å². The van der Waals surface area contributed by atoms with Crippen molar-refractivity contribution in [3.05, 3.63) is 40.4 Å². The molecule has 4 heteroatoms. The maximum Gasteiger partial charge on any atom is 0.176 e. The van der Waals surface area contributed by atoms with Crippen molar-refractivity contribution in [1.82, 2.24) is 0 Å². The van der Waals surface area contributed by atoms with Crippen LogP contribution in [0.15, 0.2) is 34.8 Å². The summed E-state index contributed by atoms with van der Waals surface area (Å²) >= 11 is 3.54. The monoisotopic (exact) mass is 333 g/mol. The second-order valence-corrected chi connectivity index (χ2v) is 5.27. The van der Waals surface area contributed by atoms with Crippen molar-refractivity contribution in [2.75, 3.05) is 7.11 Å². The number of nitrogens with zero attached hydrogens (tertiary/aromatic N) is 1. The predicted molar refractivity (Wildman–Crippen MR) is 82.7 cm³/mol. The Morgan fingerprint density at radius 1 is 1.45 bits per heavy atom. The molecule has 0 aliphatic heterocycles. The van der Waals surface area contributed by atoms with E-state index >= 15 is 0 Å². The highest BCUT2D eigenvalue weighted by Crippen LogP contribution is 2.39. The summed E-state index contributed by atoms with van der Waals surface area (Å²) in [6.45, 7) is 0. The van der Waals surface area contributed by atoms with Gasteiger partial charge in [0.2, 0.25) is 0 Å². The van der Waals surface area contributed by atoms with Crippen LogP contribution in [0.5, 0.6) is 11.5 Å². The Morgan fingerprint density at radius 3 is 2.95 bits per heavy atom. The number of ether oxygens (including phenoxy) is 2. The number of nitriles is 1. The Morgan fingerprint density at radius 2 is 2.30 bits per heavy atom.